The van der Waals surface area contributed by atoms with Crippen molar-refractivity contribution in [2.24, 2.45) is 0 Å². The van der Waals surface area contributed by atoms with Crippen molar-refractivity contribution in [3.05, 3.63) is 55.6 Å². The lowest BCUT2D eigenvalue weighted by Crippen LogP contribution is -2.00. The fourth-order valence-electron chi connectivity index (χ4n) is 1.38. The number of halogens is 3. The minimum absolute atomic E-state index is 0.738. The predicted octanol–water partition coefficient (Wildman–Crippen LogP) is 4.98. The maximum absolute atomic E-state index is 4.13. The molecule has 0 unspecified atom stereocenters. The van der Waals surface area contributed by atoms with E-state index in [1.807, 2.05) is 30.5 Å². The SMILES string of the molecule is Brc1cncc(CNc2cc(Br)ccc2Br)c1. The number of pyridine rings is 1. The van der Waals surface area contributed by atoms with E-state index in [-0.39, 0.29) is 0 Å². The highest BCUT2D eigenvalue weighted by Gasteiger charge is 2.01. The van der Waals surface area contributed by atoms with E-state index in [0.29, 0.717) is 0 Å². The predicted molar refractivity (Wildman–Crippen MR) is 81.1 cm³/mol. The molecule has 0 radical (unpaired) electrons. The monoisotopic (exact) mass is 418 g/mol. The third-order valence-corrected chi connectivity index (χ3v) is 3.79. The first-order valence-corrected chi connectivity index (χ1v) is 7.31. The summed E-state index contributed by atoms with van der Waals surface area (Å²) in [5, 5.41) is 3.36. The molecule has 1 heterocycles. The number of nitrogens with one attached hydrogen (secondary N) is 1. The Morgan fingerprint density at radius 2 is 1.82 bits per heavy atom. The molecule has 0 spiro atoms. The average molecular weight is 421 g/mol. The Bertz CT molecular complexity index is 529. The Labute approximate surface area is 125 Å². The molecule has 1 aromatic carbocycles. The van der Waals surface area contributed by atoms with E-state index in [1.165, 1.54) is 0 Å². The molecule has 0 saturated carbocycles. The van der Waals surface area contributed by atoms with Gasteiger partial charge < -0.3 is 5.32 Å². The maximum Gasteiger partial charge on any atom is 0.0498 e. The maximum atomic E-state index is 4.13. The summed E-state index contributed by atoms with van der Waals surface area (Å²) < 4.78 is 3.09. The van der Waals surface area contributed by atoms with Crippen molar-refractivity contribution in [1.82, 2.24) is 4.98 Å². The molecule has 0 aliphatic rings. The molecule has 5 heteroatoms. The summed E-state index contributed by atoms with van der Waals surface area (Å²) >= 11 is 10.4. The van der Waals surface area contributed by atoms with Gasteiger partial charge >= 0.3 is 0 Å². The van der Waals surface area contributed by atoms with Gasteiger partial charge in [0.1, 0.15) is 0 Å². The van der Waals surface area contributed by atoms with Crippen molar-refractivity contribution < 1.29 is 0 Å². The summed E-state index contributed by atoms with van der Waals surface area (Å²) in [5.41, 5.74) is 2.19. The molecule has 2 rings (SSSR count). The van der Waals surface area contributed by atoms with E-state index in [1.54, 1.807) is 6.20 Å². The van der Waals surface area contributed by atoms with E-state index in [0.717, 1.165) is 31.2 Å². The molecule has 0 aliphatic carbocycles. The van der Waals surface area contributed by atoms with Crippen molar-refractivity contribution in [2.45, 2.75) is 6.54 Å². The van der Waals surface area contributed by atoms with Crippen LogP contribution in [0.2, 0.25) is 0 Å². The average Bonchev–Trinajstić information content (AvgIpc) is 2.30. The zero-order valence-electron chi connectivity index (χ0n) is 8.75. The highest BCUT2D eigenvalue weighted by atomic mass is 79.9. The van der Waals surface area contributed by atoms with Gasteiger partial charge in [0, 0.05) is 38.0 Å². The van der Waals surface area contributed by atoms with E-state index in [4.69, 9.17) is 0 Å². The van der Waals surface area contributed by atoms with Crippen LogP contribution in [0, 0.1) is 0 Å². The summed E-state index contributed by atoms with van der Waals surface area (Å²) in [6, 6.07) is 8.09. The van der Waals surface area contributed by atoms with E-state index < -0.39 is 0 Å². The van der Waals surface area contributed by atoms with Crippen LogP contribution < -0.4 is 5.32 Å². The Balaban J connectivity index is 2.09. The molecule has 0 amide bonds. The summed E-state index contributed by atoms with van der Waals surface area (Å²) in [6.45, 7) is 0.738. The van der Waals surface area contributed by atoms with Crippen LogP contribution in [0.5, 0.6) is 0 Å². The summed E-state index contributed by atoms with van der Waals surface area (Å²) in [6.07, 6.45) is 3.63. The quantitative estimate of drug-likeness (QED) is 0.757. The van der Waals surface area contributed by atoms with Gasteiger partial charge in [0.05, 0.1) is 0 Å². The van der Waals surface area contributed by atoms with Crippen molar-refractivity contribution >= 4 is 53.5 Å². The molecule has 1 N–H and O–H groups in total. The van der Waals surface area contributed by atoms with Gasteiger partial charge in [-0.3, -0.25) is 4.98 Å². The first kappa shape index (κ1) is 13.1. The number of anilines is 1. The molecule has 2 nitrogen and oxygen atoms in total. The topological polar surface area (TPSA) is 24.9 Å². The van der Waals surface area contributed by atoms with Crippen molar-refractivity contribution in [3.8, 4) is 0 Å². The Kier molecular flexibility index (Phi) is 4.59. The summed E-state index contributed by atoms with van der Waals surface area (Å²) in [4.78, 5) is 4.13. The van der Waals surface area contributed by atoms with E-state index in [2.05, 4.69) is 58.1 Å². The van der Waals surface area contributed by atoms with Gasteiger partial charge in [-0.25, -0.2) is 0 Å². The molecule has 0 saturated heterocycles. The standard InChI is InChI=1S/C12H9Br3N2/c13-9-1-2-11(15)12(4-9)17-6-8-3-10(14)7-16-5-8/h1-5,7,17H,6H2. The van der Waals surface area contributed by atoms with Gasteiger partial charge in [0.2, 0.25) is 0 Å². The largest absolute Gasteiger partial charge is 0.380 e. The normalized spacial score (nSPS) is 10.3. The van der Waals surface area contributed by atoms with E-state index >= 15 is 0 Å². The number of hydrogen-bond acceptors (Lipinski definition) is 2. The van der Waals surface area contributed by atoms with Crippen molar-refractivity contribution in [3.63, 3.8) is 0 Å². The van der Waals surface area contributed by atoms with Gasteiger partial charge in [-0.2, -0.15) is 0 Å². The molecule has 0 fully saturated rings. The summed E-state index contributed by atoms with van der Waals surface area (Å²) in [7, 11) is 0. The summed E-state index contributed by atoms with van der Waals surface area (Å²) in [5.74, 6) is 0. The highest BCUT2D eigenvalue weighted by Crippen LogP contribution is 2.26. The molecular formula is C12H9Br3N2. The number of nitrogens with zero attached hydrogens (tertiary/aromatic N) is 1. The molecule has 2 aromatic rings. The van der Waals surface area contributed by atoms with E-state index in [9.17, 15) is 0 Å². The smallest absolute Gasteiger partial charge is 0.0498 e. The van der Waals surface area contributed by atoms with Crippen molar-refractivity contribution in [1.29, 1.82) is 0 Å². The highest BCUT2D eigenvalue weighted by molar-refractivity contribution is 9.11. The van der Waals surface area contributed by atoms with Gasteiger partial charge in [0.25, 0.3) is 0 Å². The van der Waals surface area contributed by atoms with Crippen LogP contribution in [0.4, 0.5) is 5.69 Å². The fraction of sp³-hybridized carbons (Fsp3) is 0.0833. The molecule has 0 bridgehead atoms. The molecule has 17 heavy (non-hydrogen) atoms. The number of benzene rings is 1. The number of hydrogen-bond donors (Lipinski definition) is 1. The number of rotatable bonds is 3. The lowest BCUT2D eigenvalue weighted by Gasteiger charge is -2.09. The first-order chi connectivity index (χ1) is 8.15. The van der Waals surface area contributed by atoms with Crippen LogP contribution in [0.25, 0.3) is 0 Å². The lowest BCUT2D eigenvalue weighted by molar-refractivity contribution is 1.10. The zero-order chi connectivity index (χ0) is 12.3. The minimum Gasteiger partial charge on any atom is -0.380 e. The molecule has 88 valence electrons. The molecule has 0 atom stereocenters. The second-order valence-electron chi connectivity index (χ2n) is 3.49. The Morgan fingerprint density at radius 3 is 2.59 bits per heavy atom. The van der Waals surface area contributed by atoms with Crippen LogP contribution in [-0.4, -0.2) is 4.98 Å². The second kappa shape index (κ2) is 5.98. The Morgan fingerprint density at radius 1 is 1.00 bits per heavy atom. The molecule has 1 aromatic heterocycles. The van der Waals surface area contributed by atoms with Crippen LogP contribution in [0.15, 0.2) is 50.1 Å². The van der Waals surface area contributed by atoms with Crippen LogP contribution in [0.1, 0.15) is 5.56 Å². The fourth-order valence-corrected chi connectivity index (χ4v) is 2.54. The Hall–Kier alpha value is -0.390. The number of aromatic nitrogens is 1. The van der Waals surface area contributed by atoms with Gasteiger partial charge in [-0.15, -0.1) is 0 Å². The first-order valence-electron chi connectivity index (χ1n) is 4.93. The minimum atomic E-state index is 0.738. The lowest BCUT2D eigenvalue weighted by atomic mass is 10.2. The second-order valence-corrected chi connectivity index (χ2v) is 6.17. The van der Waals surface area contributed by atoms with Crippen molar-refractivity contribution in [2.75, 3.05) is 5.32 Å². The van der Waals surface area contributed by atoms with Gasteiger partial charge in [-0.05, 0) is 61.7 Å². The van der Waals surface area contributed by atoms with Gasteiger partial charge in [0.15, 0.2) is 0 Å². The third kappa shape index (κ3) is 3.79. The van der Waals surface area contributed by atoms with Crippen LogP contribution in [-0.2, 0) is 6.54 Å². The zero-order valence-corrected chi connectivity index (χ0v) is 13.5. The molecule has 0 aliphatic heterocycles. The third-order valence-electron chi connectivity index (χ3n) is 2.17. The van der Waals surface area contributed by atoms with Crippen LogP contribution >= 0.6 is 47.8 Å². The molecular weight excluding hydrogens is 412 g/mol. The van der Waals surface area contributed by atoms with Gasteiger partial charge in [-0.1, -0.05) is 15.9 Å². The van der Waals surface area contributed by atoms with Crippen LogP contribution in [0.3, 0.4) is 0 Å².